The maximum Gasteiger partial charge on any atom is 0.229 e. The van der Waals surface area contributed by atoms with Gasteiger partial charge in [0.1, 0.15) is 11.6 Å². The van der Waals surface area contributed by atoms with E-state index in [-0.39, 0.29) is 18.2 Å². The Bertz CT molecular complexity index is 977. The van der Waals surface area contributed by atoms with Crippen LogP contribution in [0.2, 0.25) is 0 Å². The first-order valence-electron chi connectivity index (χ1n) is 9.35. The van der Waals surface area contributed by atoms with Crippen molar-refractivity contribution in [3.05, 3.63) is 76.7 Å². The van der Waals surface area contributed by atoms with Gasteiger partial charge in [0.25, 0.3) is 0 Å². The van der Waals surface area contributed by atoms with Crippen LogP contribution in [0.4, 0.5) is 21.8 Å². The Morgan fingerprint density at radius 1 is 1.07 bits per heavy atom. The van der Waals surface area contributed by atoms with Gasteiger partial charge in [-0.05, 0) is 54.7 Å². The van der Waals surface area contributed by atoms with Crippen LogP contribution in [0.15, 0.2) is 48.5 Å². The summed E-state index contributed by atoms with van der Waals surface area (Å²) in [6, 6.07) is 15.3. The van der Waals surface area contributed by atoms with Gasteiger partial charge in [-0.1, -0.05) is 31.2 Å². The Morgan fingerprint density at radius 2 is 1.86 bits per heavy atom. The van der Waals surface area contributed by atoms with Crippen LogP contribution in [0.25, 0.3) is 0 Å². The lowest BCUT2D eigenvalue weighted by atomic mass is 10.00. The average Bonchev–Trinajstić information content (AvgIpc) is 2.69. The zero-order valence-electron chi connectivity index (χ0n) is 16.1. The normalized spacial score (nSPS) is 12.9. The lowest BCUT2D eigenvalue weighted by Crippen LogP contribution is -2.31. The molecular weight excluding hydrogens is 375 g/mol. The van der Waals surface area contributed by atoms with E-state index in [0.717, 1.165) is 48.7 Å². The van der Waals surface area contributed by atoms with Gasteiger partial charge < -0.3 is 10.2 Å². The highest BCUT2D eigenvalue weighted by atomic mass is 35.5. The van der Waals surface area contributed by atoms with Crippen molar-refractivity contribution in [3.8, 4) is 0 Å². The Balaban J connectivity index is 0.00000225. The zero-order valence-corrected chi connectivity index (χ0v) is 16.9. The van der Waals surface area contributed by atoms with E-state index < -0.39 is 0 Å². The molecule has 0 radical (unpaired) electrons. The molecule has 28 heavy (non-hydrogen) atoms. The molecule has 1 aromatic heterocycles. The van der Waals surface area contributed by atoms with Crippen LogP contribution in [0.3, 0.4) is 0 Å². The van der Waals surface area contributed by atoms with Crippen molar-refractivity contribution in [2.45, 2.75) is 33.2 Å². The number of aromatic nitrogens is 2. The Morgan fingerprint density at radius 3 is 2.61 bits per heavy atom. The van der Waals surface area contributed by atoms with Crippen LogP contribution in [0, 0.1) is 12.7 Å². The summed E-state index contributed by atoms with van der Waals surface area (Å²) in [5.41, 5.74) is 5.40. The van der Waals surface area contributed by atoms with Gasteiger partial charge in [0, 0.05) is 30.5 Å². The van der Waals surface area contributed by atoms with Crippen LogP contribution in [-0.4, -0.2) is 16.5 Å². The second-order valence-corrected chi connectivity index (χ2v) is 6.92. The van der Waals surface area contributed by atoms with Crippen LogP contribution >= 0.6 is 12.4 Å². The highest BCUT2D eigenvalue weighted by Crippen LogP contribution is 2.26. The van der Waals surface area contributed by atoms with E-state index in [9.17, 15) is 4.39 Å². The Labute approximate surface area is 171 Å². The van der Waals surface area contributed by atoms with Gasteiger partial charge in [0.2, 0.25) is 5.95 Å². The third kappa shape index (κ3) is 4.25. The number of nitrogens with one attached hydrogen (secondary N) is 1. The van der Waals surface area contributed by atoms with Crippen molar-refractivity contribution in [1.29, 1.82) is 0 Å². The van der Waals surface area contributed by atoms with E-state index in [2.05, 4.69) is 52.5 Å². The van der Waals surface area contributed by atoms with Crippen LogP contribution in [0.1, 0.15) is 29.3 Å². The van der Waals surface area contributed by atoms with Crippen molar-refractivity contribution in [1.82, 2.24) is 9.97 Å². The second kappa shape index (κ2) is 8.57. The number of rotatable bonds is 4. The summed E-state index contributed by atoms with van der Waals surface area (Å²) in [5, 5.41) is 3.26. The molecule has 0 unspecified atom stereocenters. The van der Waals surface area contributed by atoms with E-state index in [1.807, 2.05) is 6.92 Å². The van der Waals surface area contributed by atoms with E-state index in [1.54, 1.807) is 6.07 Å². The fourth-order valence-corrected chi connectivity index (χ4v) is 3.46. The highest BCUT2D eigenvalue weighted by Gasteiger charge is 2.18. The van der Waals surface area contributed by atoms with Gasteiger partial charge in [-0.25, -0.2) is 9.37 Å². The van der Waals surface area contributed by atoms with Gasteiger partial charge in [-0.2, -0.15) is 4.98 Å². The van der Waals surface area contributed by atoms with E-state index in [4.69, 9.17) is 4.98 Å². The maximum absolute atomic E-state index is 13.4. The molecule has 2 heterocycles. The number of benzene rings is 2. The number of hydrogen-bond acceptors (Lipinski definition) is 4. The minimum atomic E-state index is -0.242. The van der Waals surface area contributed by atoms with Crippen LogP contribution in [-0.2, 0) is 19.4 Å². The van der Waals surface area contributed by atoms with Crippen molar-refractivity contribution < 1.29 is 4.39 Å². The topological polar surface area (TPSA) is 41.1 Å². The minimum absolute atomic E-state index is 0. The molecule has 0 saturated carbocycles. The SMILES string of the molecule is CCc1cc(N2CCc3ccccc3C2)nc(Nc2ccc(F)cc2C)n1.Cl. The standard InChI is InChI=1S/C22H23FN4.ClH/c1-3-19-13-21(27-11-10-16-6-4-5-7-17(16)14-27)26-22(24-19)25-20-9-8-18(23)12-15(20)2;/h4-9,12-13H,3,10-11,14H2,1-2H3,(H,24,25,26);1H. The third-order valence-corrected chi connectivity index (χ3v) is 5.02. The Kier molecular flexibility index (Phi) is 6.15. The molecule has 2 aromatic carbocycles. The molecule has 6 heteroatoms. The van der Waals surface area contributed by atoms with Gasteiger partial charge in [0.05, 0.1) is 0 Å². The molecule has 146 valence electrons. The number of halogens is 2. The number of aryl methyl sites for hydroxylation is 2. The fourth-order valence-electron chi connectivity index (χ4n) is 3.46. The predicted octanol–water partition coefficient (Wildman–Crippen LogP) is 5.21. The average molecular weight is 399 g/mol. The summed E-state index contributed by atoms with van der Waals surface area (Å²) in [5.74, 6) is 1.24. The Hall–Kier alpha value is -2.66. The van der Waals surface area contributed by atoms with Crippen LogP contribution < -0.4 is 10.2 Å². The van der Waals surface area contributed by atoms with Crippen molar-refractivity contribution in [2.24, 2.45) is 0 Å². The molecule has 4 nitrogen and oxygen atoms in total. The molecule has 0 amide bonds. The summed E-state index contributed by atoms with van der Waals surface area (Å²) < 4.78 is 13.4. The van der Waals surface area contributed by atoms with Crippen molar-refractivity contribution >= 4 is 29.9 Å². The van der Waals surface area contributed by atoms with Gasteiger partial charge in [0.15, 0.2) is 0 Å². The highest BCUT2D eigenvalue weighted by molar-refractivity contribution is 5.85. The van der Waals surface area contributed by atoms with E-state index in [0.29, 0.717) is 5.95 Å². The van der Waals surface area contributed by atoms with E-state index >= 15 is 0 Å². The van der Waals surface area contributed by atoms with Gasteiger partial charge in [-0.3, -0.25) is 0 Å². The van der Waals surface area contributed by atoms with Crippen molar-refractivity contribution in [3.63, 3.8) is 0 Å². The van der Waals surface area contributed by atoms with Crippen molar-refractivity contribution in [2.75, 3.05) is 16.8 Å². The first-order chi connectivity index (χ1) is 13.1. The molecule has 1 aliphatic rings. The summed E-state index contributed by atoms with van der Waals surface area (Å²) in [6.45, 7) is 5.75. The fraction of sp³-hybridized carbons (Fsp3) is 0.273. The molecule has 1 aliphatic heterocycles. The number of anilines is 3. The molecular formula is C22H24ClFN4. The summed E-state index contributed by atoms with van der Waals surface area (Å²) in [7, 11) is 0. The lowest BCUT2D eigenvalue weighted by molar-refractivity contribution is 0.627. The largest absolute Gasteiger partial charge is 0.352 e. The number of fused-ring (bicyclic) bond motifs is 1. The molecule has 0 atom stereocenters. The van der Waals surface area contributed by atoms with E-state index in [1.165, 1.54) is 23.3 Å². The molecule has 0 fully saturated rings. The molecule has 0 aliphatic carbocycles. The maximum atomic E-state index is 13.4. The quantitative estimate of drug-likeness (QED) is 0.654. The first kappa shape index (κ1) is 20.1. The molecule has 0 spiro atoms. The number of nitrogens with zero attached hydrogens (tertiary/aromatic N) is 3. The van der Waals surface area contributed by atoms with Gasteiger partial charge in [-0.15, -0.1) is 12.4 Å². The predicted molar refractivity (Wildman–Crippen MR) is 114 cm³/mol. The molecule has 4 rings (SSSR count). The molecule has 3 aromatic rings. The smallest absolute Gasteiger partial charge is 0.229 e. The number of hydrogen-bond donors (Lipinski definition) is 1. The second-order valence-electron chi connectivity index (χ2n) is 6.92. The molecule has 0 bridgehead atoms. The zero-order chi connectivity index (χ0) is 18.8. The summed E-state index contributed by atoms with van der Waals surface area (Å²) >= 11 is 0. The lowest BCUT2D eigenvalue weighted by Gasteiger charge is -2.30. The third-order valence-electron chi connectivity index (χ3n) is 5.02. The monoisotopic (exact) mass is 398 g/mol. The van der Waals surface area contributed by atoms with Crippen LogP contribution in [0.5, 0.6) is 0 Å². The molecule has 1 N–H and O–H groups in total. The summed E-state index contributed by atoms with van der Waals surface area (Å²) in [6.07, 6.45) is 1.85. The molecule has 0 saturated heterocycles. The van der Waals surface area contributed by atoms with Gasteiger partial charge >= 0.3 is 0 Å². The summed E-state index contributed by atoms with van der Waals surface area (Å²) in [4.78, 5) is 11.7. The first-order valence-corrected chi connectivity index (χ1v) is 9.35. The minimum Gasteiger partial charge on any atom is -0.352 e.